The van der Waals surface area contributed by atoms with Gasteiger partial charge in [-0.1, -0.05) is 0 Å². The molecule has 0 saturated carbocycles. The van der Waals surface area contributed by atoms with Gasteiger partial charge in [0, 0.05) is 22.4 Å². The molecule has 0 spiro atoms. The van der Waals surface area contributed by atoms with Gasteiger partial charge in [0.25, 0.3) is 0 Å². The van der Waals surface area contributed by atoms with Crippen molar-refractivity contribution in [2.75, 3.05) is 17.7 Å². The first-order valence-corrected chi connectivity index (χ1v) is 8.25. The second-order valence-electron chi connectivity index (χ2n) is 4.92. The summed E-state index contributed by atoms with van der Waals surface area (Å²) in [7, 11) is 0. The van der Waals surface area contributed by atoms with Crippen LogP contribution in [0.2, 0.25) is 0 Å². The lowest BCUT2D eigenvalue weighted by atomic mass is 10.3. The molecule has 0 saturated heterocycles. The molecule has 0 aliphatic rings. The quantitative estimate of drug-likeness (QED) is 0.299. The van der Waals surface area contributed by atoms with Crippen LogP contribution in [0.15, 0.2) is 45.9 Å². The Balaban J connectivity index is 1.52. The molecule has 0 radical (unpaired) electrons. The zero-order chi connectivity index (χ0) is 18.5. The van der Waals surface area contributed by atoms with E-state index in [0.717, 1.165) is 0 Å². The number of hydrogen-bond donors (Lipinski definition) is 1. The number of hydrogen-bond acceptors (Lipinski definition) is 8. The van der Waals surface area contributed by atoms with Crippen molar-refractivity contribution in [2.24, 2.45) is 0 Å². The smallest absolute Gasteiger partial charge is 0.411 e. The van der Waals surface area contributed by atoms with Gasteiger partial charge in [-0.3, -0.25) is 15.4 Å². The maximum absolute atomic E-state index is 12.8. The van der Waals surface area contributed by atoms with Crippen molar-refractivity contribution in [2.45, 2.75) is 4.90 Å². The fraction of sp³-hybridized carbons (Fsp3) is 0.133. The number of nitrogens with one attached hydrogen (secondary N) is 1. The van der Waals surface area contributed by atoms with Crippen LogP contribution in [0, 0.1) is 15.9 Å². The summed E-state index contributed by atoms with van der Waals surface area (Å²) in [5.74, 6) is -0.0200. The Bertz CT molecular complexity index is 947. The van der Waals surface area contributed by atoms with E-state index in [4.69, 9.17) is 4.74 Å². The maximum atomic E-state index is 12.8. The van der Waals surface area contributed by atoms with Crippen molar-refractivity contribution in [1.29, 1.82) is 0 Å². The van der Waals surface area contributed by atoms with Gasteiger partial charge in [0.2, 0.25) is 5.52 Å². The normalized spacial score (nSPS) is 10.7. The van der Waals surface area contributed by atoms with Crippen molar-refractivity contribution < 1.29 is 23.5 Å². The van der Waals surface area contributed by atoms with E-state index in [0.29, 0.717) is 16.3 Å². The third-order valence-electron chi connectivity index (χ3n) is 3.22. The molecule has 3 rings (SSSR count). The molecule has 11 heteroatoms. The topological polar surface area (TPSA) is 120 Å². The molecule has 0 aliphatic carbocycles. The molecule has 0 fully saturated rings. The molecular formula is C15H11FN4O5S. The number of carbonyl (C=O) groups excluding carboxylic acids is 1. The molecule has 9 nitrogen and oxygen atoms in total. The Kier molecular flexibility index (Phi) is 5.27. The van der Waals surface area contributed by atoms with Crippen molar-refractivity contribution >= 4 is 40.3 Å². The molecule has 0 aliphatic heterocycles. The molecule has 1 heterocycles. The van der Waals surface area contributed by atoms with E-state index in [-0.39, 0.29) is 23.3 Å². The first-order chi connectivity index (χ1) is 12.5. The number of aromatic nitrogens is 2. The number of fused-ring (bicyclic) bond motifs is 1. The molecule has 1 N–H and O–H groups in total. The molecule has 0 unspecified atom stereocenters. The Morgan fingerprint density at radius 2 is 1.96 bits per heavy atom. The second kappa shape index (κ2) is 7.78. The number of non-ortho nitro benzene ring substituents is 1. The summed E-state index contributed by atoms with van der Waals surface area (Å²) in [6, 6.07) is 8.12. The van der Waals surface area contributed by atoms with Gasteiger partial charge in [-0.15, -0.1) is 11.8 Å². The summed E-state index contributed by atoms with van der Waals surface area (Å²) in [4.78, 5) is 22.6. The third-order valence-corrected chi connectivity index (χ3v) is 4.23. The van der Waals surface area contributed by atoms with Crippen molar-refractivity contribution in [1.82, 2.24) is 10.3 Å². The van der Waals surface area contributed by atoms with Crippen molar-refractivity contribution in [3.63, 3.8) is 0 Å². The SMILES string of the molecule is O=C(Nc1ccc(F)cc1)OCCSc1ccc([N+](=O)[O-])c2nonc12. The van der Waals surface area contributed by atoms with Crippen LogP contribution >= 0.6 is 11.8 Å². The zero-order valence-corrected chi connectivity index (χ0v) is 13.9. The highest BCUT2D eigenvalue weighted by Crippen LogP contribution is 2.31. The molecule has 3 aromatic rings. The number of amides is 1. The van der Waals surface area contributed by atoms with Crippen molar-refractivity contribution in [3.05, 3.63) is 52.3 Å². The van der Waals surface area contributed by atoms with E-state index in [1.54, 1.807) is 0 Å². The van der Waals surface area contributed by atoms with Crippen LogP contribution in [0.5, 0.6) is 0 Å². The van der Waals surface area contributed by atoms with Gasteiger partial charge in [0.1, 0.15) is 12.4 Å². The Labute approximate surface area is 149 Å². The van der Waals surface area contributed by atoms with Gasteiger partial charge in [0.05, 0.1) is 4.92 Å². The molecule has 134 valence electrons. The van der Waals surface area contributed by atoms with E-state index in [9.17, 15) is 19.3 Å². The minimum atomic E-state index is -0.672. The molecule has 2 aromatic carbocycles. The maximum Gasteiger partial charge on any atom is 0.411 e. The first-order valence-electron chi connectivity index (χ1n) is 7.26. The predicted octanol–water partition coefficient (Wildman–Crippen LogP) is 3.61. The highest BCUT2D eigenvalue weighted by molar-refractivity contribution is 7.99. The largest absolute Gasteiger partial charge is 0.448 e. The Morgan fingerprint density at radius 1 is 1.23 bits per heavy atom. The minimum Gasteiger partial charge on any atom is -0.448 e. The van der Waals surface area contributed by atoms with Crippen LogP contribution in [0.25, 0.3) is 11.0 Å². The molecule has 0 bridgehead atoms. The summed E-state index contributed by atoms with van der Waals surface area (Å²) in [5.41, 5.74) is 0.560. The zero-order valence-electron chi connectivity index (χ0n) is 13.0. The van der Waals surface area contributed by atoms with Gasteiger partial charge < -0.3 is 4.74 Å². The van der Waals surface area contributed by atoms with Crippen LogP contribution in [0.3, 0.4) is 0 Å². The van der Waals surface area contributed by atoms with Crippen LogP contribution in [-0.4, -0.2) is 33.7 Å². The summed E-state index contributed by atoms with van der Waals surface area (Å²) >= 11 is 1.29. The number of anilines is 1. The standard InChI is InChI=1S/C15H11FN4O5S/c16-9-1-3-10(4-2-9)17-15(21)24-7-8-26-12-6-5-11(20(22)23)13-14(12)19-25-18-13/h1-6H,7-8H2,(H,17,21). The fourth-order valence-corrected chi connectivity index (χ4v) is 2.89. The molecule has 0 atom stereocenters. The van der Waals surface area contributed by atoms with Crippen LogP contribution in [-0.2, 0) is 4.74 Å². The van der Waals surface area contributed by atoms with E-state index < -0.39 is 16.8 Å². The minimum absolute atomic E-state index is 0.0648. The number of carbonyl (C=O) groups is 1. The van der Waals surface area contributed by atoms with Gasteiger partial charge in [-0.25, -0.2) is 13.8 Å². The number of nitro groups is 1. The molecule has 1 amide bonds. The molecule has 1 aromatic heterocycles. The first kappa shape index (κ1) is 17.6. The number of ether oxygens (including phenoxy) is 1. The lowest BCUT2D eigenvalue weighted by Crippen LogP contribution is -2.15. The fourth-order valence-electron chi connectivity index (χ4n) is 2.07. The summed E-state index contributed by atoms with van der Waals surface area (Å²) in [6.45, 7) is 0.0848. The lowest BCUT2D eigenvalue weighted by Gasteiger charge is -2.07. The predicted molar refractivity (Wildman–Crippen MR) is 90.6 cm³/mol. The van der Waals surface area contributed by atoms with Gasteiger partial charge in [-0.05, 0) is 40.6 Å². The number of halogens is 1. The van der Waals surface area contributed by atoms with E-state index in [2.05, 4.69) is 20.3 Å². The van der Waals surface area contributed by atoms with E-state index >= 15 is 0 Å². The second-order valence-corrected chi connectivity index (χ2v) is 6.05. The van der Waals surface area contributed by atoms with Gasteiger partial charge >= 0.3 is 11.8 Å². The number of benzene rings is 2. The Morgan fingerprint density at radius 3 is 2.69 bits per heavy atom. The average molecular weight is 378 g/mol. The van der Waals surface area contributed by atoms with E-state index in [1.165, 1.54) is 48.2 Å². The highest BCUT2D eigenvalue weighted by atomic mass is 32.2. The van der Waals surface area contributed by atoms with Gasteiger partial charge in [-0.2, -0.15) is 0 Å². The summed E-state index contributed by atoms with van der Waals surface area (Å²) < 4.78 is 22.4. The monoisotopic (exact) mass is 378 g/mol. The molecular weight excluding hydrogens is 367 g/mol. The number of thioether (sulfide) groups is 1. The number of nitro benzene ring substituents is 1. The third kappa shape index (κ3) is 4.06. The number of rotatable bonds is 6. The van der Waals surface area contributed by atoms with Crippen molar-refractivity contribution in [3.8, 4) is 0 Å². The summed E-state index contributed by atoms with van der Waals surface area (Å²) in [5, 5.41) is 20.6. The Hall–Kier alpha value is -3.21. The van der Waals surface area contributed by atoms with Crippen LogP contribution < -0.4 is 5.32 Å². The van der Waals surface area contributed by atoms with E-state index in [1.807, 2.05) is 0 Å². The van der Waals surface area contributed by atoms with Crippen LogP contribution in [0.4, 0.5) is 20.6 Å². The van der Waals surface area contributed by atoms with Crippen LogP contribution in [0.1, 0.15) is 0 Å². The average Bonchev–Trinajstić information content (AvgIpc) is 3.10. The lowest BCUT2D eigenvalue weighted by molar-refractivity contribution is -0.383. The number of nitrogens with zero attached hydrogens (tertiary/aromatic N) is 3. The van der Waals surface area contributed by atoms with Gasteiger partial charge in [0.15, 0.2) is 5.52 Å². The highest BCUT2D eigenvalue weighted by Gasteiger charge is 2.19. The molecule has 26 heavy (non-hydrogen) atoms. The summed E-state index contributed by atoms with van der Waals surface area (Å²) in [6.07, 6.45) is -0.672.